The van der Waals surface area contributed by atoms with Crippen LogP contribution in [-0.4, -0.2) is 30.8 Å². The van der Waals surface area contributed by atoms with Crippen LogP contribution in [0, 0.1) is 5.92 Å². The fourth-order valence-corrected chi connectivity index (χ4v) is 4.47. The Morgan fingerprint density at radius 1 is 0.971 bits per heavy atom. The number of pyridine rings is 1. The SMILES string of the molecule is CN(C)c1cccc(NC(=O)c2cccc([C@@H]3C[C@H]3C(=O)Cc3ccc4cnccc4c3)c2)c1. The number of hydrogen-bond donors (Lipinski definition) is 1. The number of carbonyl (C=O) groups excluding carboxylic acids is 2. The number of nitrogens with one attached hydrogen (secondary N) is 1. The highest BCUT2D eigenvalue weighted by Gasteiger charge is 2.43. The summed E-state index contributed by atoms with van der Waals surface area (Å²) in [5.41, 5.74) is 4.47. The van der Waals surface area contributed by atoms with Gasteiger partial charge in [-0.15, -0.1) is 0 Å². The van der Waals surface area contributed by atoms with Crippen LogP contribution in [-0.2, 0) is 11.2 Å². The Morgan fingerprint density at radius 3 is 2.68 bits per heavy atom. The average Bonchev–Trinajstić information content (AvgIpc) is 3.65. The van der Waals surface area contributed by atoms with Crippen molar-refractivity contribution in [2.45, 2.75) is 18.8 Å². The van der Waals surface area contributed by atoms with Gasteiger partial charge in [0.1, 0.15) is 5.78 Å². The van der Waals surface area contributed by atoms with Crippen molar-refractivity contribution in [1.82, 2.24) is 4.98 Å². The summed E-state index contributed by atoms with van der Waals surface area (Å²) in [6.07, 6.45) is 4.88. The molecular weight excluding hydrogens is 422 g/mol. The molecule has 1 heterocycles. The van der Waals surface area contributed by atoms with Gasteiger partial charge in [0.25, 0.3) is 5.91 Å². The second-order valence-corrected chi connectivity index (χ2v) is 9.17. The zero-order valence-corrected chi connectivity index (χ0v) is 19.4. The summed E-state index contributed by atoms with van der Waals surface area (Å²) in [4.78, 5) is 31.9. The largest absolute Gasteiger partial charge is 0.378 e. The van der Waals surface area contributed by atoms with E-state index in [1.165, 1.54) is 0 Å². The van der Waals surface area contributed by atoms with Gasteiger partial charge >= 0.3 is 0 Å². The molecule has 2 atom stereocenters. The molecule has 0 radical (unpaired) electrons. The molecule has 4 aromatic rings. The number of fused-ring (bicyclic) bond motifs is 1. The fraction of sp³-hybridized carbons (Fsp3) is 0.207. The van der Waals surface area contributed by atoms with Gasteiger partial charge in [-0.1, -0.05) is 36.4 Å². The molecule has 1 N–H and O–H groups in total. The number of amides is 1. The highest BCUT2D eigenvalue weighted by atomic mass is 16.1. The van der Waals surface area contributed by atoms with Gasteiger partial charge in [-0.3, -0.25) is 14.6 Å². The van der Waals surface area contributed by atoms with Crippen LogP contribution in [0.4, 0.5) is 11.4 Å². The molecule has 1 fully saturated rings. The zero-order chi connectivity index (χ0) is 23.7. The van der Waals surface area contributed by atoms with Crippen molar-refractivity contribution >= 4 is 33.8 Å². The van der Waals surface area contributed by atoms with Crippen LogP contribution in [0.25, 0.3) is 10.8 Å². The number of ketones is 1. The molecule has 1 aliphatic carbocycles. The molecule has 0 bridgehead atoms. The smallest absolute Gasteiger partial charge is 0.255 e. The average molecular weight is 450 g/mol. The van der Waals surface area contributed by atoms with E-state index in [1.54, 1.807) is 6.20 Å². The summed E-state index contributed by atoms with van der Waals surface area (Å²) >= 11 is 0. The monoisotopic (exact) mass is 449 g/mol. The molecule has 1 saturated carbocycles. The number of benzene rings is 3. The van der Waals surface area contributed by atoms with Crippen molar-refractivity contribution in [3.05, 3.63) is 102 Å². The lowest BCUT2D eigenvalue weighted by atomic mass is 10.00. The van der Waals surface area contributed by atoms with E-state index in [0.717, 1.165) is 39.7 Å². The van der Waals surface area contributed by atoms with Crippen molar-refractivity contribution in [2.75, 3.05) is 24.3 Å². The van der Waals surface area contributed by atoms with Crippen LogP contribution in [0.15, 0.2) is 85.2 Å². The fourth-order valence-electron chi connectivity index (χ4n) is 4.47. The van der Waals surface area contributed by atoms with Gasteiger partial charge < -0.3 is 10.2 Å². The molecule has 0 aliphatic heterocycles. The maximum absolute atomic E-state index is 12.9. The summed E-state index contributed by atoms with van der Waals surface area (Å²) in [6, 6.07) is 23.5. The minimum Gasteiger partial charge on any atom is -0.378 e. The summed E-state index contributed by atoms with van der Waals surface area (Å²) in [7, 11) is 3.93. The van der Waals surface area contributed by atoms with Gasteiger partial charge in [0, 0.05) is 61.2 Å². The predicted octanol–water partition coefficient (Wildman–Crippen LogP) is 5.47. The van der Waals surface area contributed by atoms with E-state index in [1.807, 2.05) is 91.9 Å². The van der Waals surface area contributed by atoms with E-state index in [4.69, 9.17) is 0 Å². The molecule has 5 nitrogen and oxygen atoms in total. The number of anilines is 2. The van der Waals surface area contributed by atoms with Gasteiger partial charge in [0.05, 0.1) is 0 Å². The maximum atomic E-state index is 12.9. The summed E-state index contributed by atoms with van der Waals surface area (Å²) in [6.45, 7) is 0. The summed E-state index contributed by atoms with van der Waals surface area (Å²) < 4.78 is 0. The van der Waals surface area contributed by atoms with Gasteiger partial charge in [-0.25, -0.2) is 0 Å². The lowest BCUT2D eigenvalue weighted by Crippen LogP contribution is -2.13. The Kier molecular flexibility index (Phi) is 5.84. The standard InChI is InChI=1S/C29H27N3O2/c1-32(2)25-8-4-7-24(16-25)31-29(34)22-6-3-5-21(15-22)26-17-27(26)28(33)14-19-9-10-23-18-30-12-11-20(23)13-19/h3-13,15-16,18,26-27H,14,17H2,1-2H3,(H,31,34)/t26-,27+/m0/s1. The van der Waals surface area contributed by atoms with Gasteiger partial charge in [-0.05, 0) is 65.3 Å². The van der Waals surface area contributed by atoms with Crippen LogP contribution in [0.1, 0.15) is 33.8 Å². The minimum absolute atomic E-state index is 0.0169. The first kappa shape index (κ1) is 21.8. The van der Waals surface area contributed by atoms with E-state index >= 15 is 0 Å². The first-order chi connectivity index (χ1) is 16.5. The Balaban J connectivity index is 1.24. The summed E-state index contributed by atoms with van der Waals surface area (Å²) in [5, 5.41) is 5.16. The number of Topliss-reactive ketones (excluding diaryl/α,β-unsaturated/α-hetero) is 1. The van der Waals surface area contributed by atoms with Crippen LogP contribution in [0.2, 0.25) is 0 Å². The summed E-state index contributed by atoms with van der Waals surface area (Å²) in [5.74, 6) is 0.311. The quantitative estimate of drug-likeness (QED) is 0.406. The van der Waals surface area contributed by atoms with Crippen LogP contribution in [0.5, 0.6) is 0 Å². The molecule has 5 heteroatoms. The molecule has 0 unspecified atom stereocenters. The Hall–Kier alpha value is -3.99. The first-order valence-corrected chi connectivity index (χ1v) is 11.5. The predicted molar refractivity (Wildman–Crippen MR) is 136 cm³/mol. The maximum Gasteiger partial charge on any atom is 0.255 e. The lowest BCUT2D eigenvalue weighted by molar-refractivity contribution is -0.119. The number of hydrogen-bond acceptors (Lipinski definition) is 4. The van der Waals surface area contributed by atoms with Gasteiger partial charge in [0.2, 0.25) is 0 Å². The topological polar surface area (TPSA) is 62.3 Å². The second kappa shape index (κ2) is 9.10. The molecule has 34 heavy (non-hydrogen) atoms. The molecular formula is C29H27N3O2. The van der Waals surface area contributed by atoms with Crippen LogP contribution >= 0.6 is 0 Å². The number of rotatable bonds is 7. The molecule has 170 valence electrons. The third kappa shape index (κ3) is 4.69. The number of nitrogens with zero attached hydrogens (tertiary/aromatic N) is 2. The van der Waals surface area contributed by atoms with Crippen molar-refractivity contribution in [1.29, 1.82) is 0 Å². The van der Waals surface area contributed by atoms with Crippen molar-refractivity contribution in [3.8, 4) is 0 Å². The molecule has 3 aromatic carbocycles. The van der Waals surface area contributed by atoms with Crippen molar-refractivity contribution < 1.29 is 9.59 Å². The van der Waals surface area contributed by atoms with Crippen LogP contribution in [0.3, 0.4) is 0 Å². The first-order valence-electron chi connectivity index (χ1n) is 11.5. The third-order valence-electron chi connectivity index (χ3n) is 6.48. The number of aromatic nitrogens is 1. The van der Waals surface area contributed by atoms with Crippen molar-refractivity contribution in [3.63, 3.8) is 0 Å². The van der Waals surface area contributed by atoms with Crippen LogP contribution < -0.4 is 10.2 Å². The van der Waals surface area contributed by atoms with E-state index in [-0.39, 0.29) is 23.5 Å². The molecule has 1 amide bonds. The Morgan fingerprint density at radius 2 is 1.82 bits per heavy atom. The normalized spacial score (nSPS) is 16.8. The van der Waals surface area contributed by atoms with E-state index in [9.17, 15) is 9.59 Å². The Labute approximate surface area is 199 Å². The molecule has 5 rings (SSSR count). The molecule has 1 aliphatic rings. The van der Waals surface area contributed by atoms with Gasteiger partial charge in [0.15, 0.2) is 0 Å². The van der Waals surface area contributed by atoms with E-state index < -0.39 is 0 Å². The Bertz CT molecular complexity index is 1380. The molecule has 0 spiro atoms. The number of carbonyl (C=O) groups is 2. The zero-order valence-electron chi connectivity index (χ0n) is 19.4. The highest BCUT2D eigenvalue weighted by Crippen LogP contribution is 2.48. The van der Waals surface area contributed by atoms with Crippen molar-refractivity contribution in [2.24, 2.45) is 5.92 Å². The minimum atomic E-state index is -0.146. The molecule has 1 aromatic heterocycles. The lowest BCUT2D eigenvalue weighted by Gasteiger charge is -2.14. The second-order valence-electron chi connectivity index (χ2n) is 9.17. The van der Waals surface area contributed by atoms with Gasteiger partial charge in [-0.2, -0.15) is 0 Å². The highest BCUT2D eigenvalue weighted by molar-refractivity contribution is 6.04. The third-order valence-corrected chi connectivity index (χ3v) is 6.48. The van der Waals surface area contributed by atoms with E-state index in [2.05, 4.69) is 16.4 Å². The molecule has 0 saturated heterocycles. The van der Waals surface area contributed by atoms with E-state index in [0.29, 0.717) is 12.0 Å².